The lowest BCUT2D eigenvalue weighted by atomic mass is 9.87. The minimum absolute atomic E-state index is 0.00468. The van der Waals surface area contributed by atoms with Crippen LogP contribution in [0, 0.1) is 0 Å². The quantitative estimate of drug-likeness (QED) is 0.737. The number of nitrogens with two attached hydrogens (primary N) is 2. The lowest BCUT2D eigenvalue weighted by Crippen LogP contribution is -2.48. The van der Waals surface area contributed by atoms with Gasteiger partial charge in [-0.1, -0.05) is 26.8 Å². The first-order chi connectivity index (χ1) is 10.6. The largest absolute Gasteiger partial charge is 0.457 e. The highest BCUT2D eigenvalue weighted by atomic mass is 16.5. The van der Waals surface area contributed by atoms with Gasteiger partial charge in [-0.25, -0.2) is 0 Å². The molecule has 5 N–H and O–H groups in total. The van der Waals surface area contributed by atoms with Gasteiger partial charge < -0.3 is 26.3 Å². The van der Waals surface area contributed by atoms with Crippen LogP contribution in [-0.4, -0.2) is 11.6 Å². The molecule has 2 aliphatic heterocycles. The molecule has 2 aliphatic rings. The van der Waals surface area contributed by atoms with Gasteiger partial charge in [0.25, 0.3) is 5.91 Å². The minimum Gasteiger partial charge on any atom is -0.457 e. The van der Waals surface area contributed by atoms with E-state index in [1.807, 2.05) is 18.2 Å². The van der Waals surface area contributed by atoms with Gasteiger partial charge in [-0.2, -0.15) is 0 Å². The van der Waals surface area contributed by atoms with Crippen LogP contribution in [0.15, 0.2) is 41.5 Å². The Kier molecular flexibility index (Phi) is 3.11. The van der Waals surface area contributed by atoms with Crippen LogP contribution >= 0.6 is 0 Å². The zero-order chi connectivity index (χ0) is 17.0. The summed E-state index contributed by atoms with van der Waals surface area (Å²) in [5, 5.41) is 3.24. The van der Waals surface area contributed by atoms with Crippen molar-refractivity contribution in [3.05, 3.63) is 47.1 Å². The molecule has 1 unspecified atom stereocenters. The summed E-state index contributed by atoms with van der Waals surface area (Å²) in [5.74, 6) is 0.427. The molecule has 122 valence electrons. The number of rotatable bonds is 1. The fourth-order valence-corrected chi connectivity index (χ4v) is 2.86. The molecule has 2 heterocycles. The van der Waals surface area contributed by atoms with Gasteiger partial charge in [-0.15, -0.1) is 0 Å². The highest BCUT2D eigenvalue weighted by Gasteiger charge is 2.48. The average Bonchev–Trinajstić information content (AvgIpc) is 2.72. The Hall–Kier alpha value is -2.63. The molecule has 6 heteroatoms. The van der Waals surface area contributed by atoms with Crippen LogP contribution in [-0.2, 0) is 14.9 Å². The van der Waals surface area contributed by atoms with Gasteiger partial charge in [0.1, 0.15) is 17.1 Å². The van der Waals surface area contributed by atoms with E-state index < -0.39 is 11.6 Å². The van der Waals surface area contributed by atoms with E-state index in [-0.39, 0.29) is 16.9 Å². The zero-order valence-corrected chi connectivity index (χ0v) is 13.7. The summed E-state index contributed by atoms with van der Waals surface area (Å²) in [7, 11) is 0. The average molecular weight is 315 g/mol. The van der Waals surface area contributed by atoms with Gasteiger partial charge in [-0.3, -0.25) is 4.79 Å². The number of primary amides is 1. The molecular weight excluding hydrogens is 294 g/mol. The van der Waals surface area contributed by atoms with Crippen molar-refractivity contribution >= 4 is 11.6 Å². The molecule has 3 rings (SSSR count). The summed E-state index contributed by atoms with van der Waals surface area (Å²) in [4.78, 5) is 11.9. The normalized spacial score (nSPS) is 22.9. The molecule has 1 atom stereocenters. The summed E-state index contributed by atoms with van der Waals surface area (Å²) in [6.07, 6.45) is 1.67. The number of nitrogens with one attached hydrogen (secondary N) is 1. The van der Waals surface area contributed by atoms with Gasteiger partial charge in [0.2, 0.25) is 11.6 Å². The van der Waals surface area contributed by atoms with Gasteiger partial charge in [-0.05, 0) is 30.0 Å². The molecule has 0 bridgehead atoms. The monoisotopic (exact) mass is 315 g/mol. The Labute approximate surface area is 135 Å². The van der Waals surface area contributed by atoms with Crippen molar-refractivity contribution in [2.45, 2.75) is 38.8 Å². The van der Waals surface area contributed by atoms with Crippen LogP contribution in [0.1, 0.15) is 33.3 Å². The van der Waals surface area contributed by atoms with Crippen molar-refractivity contribution in [3.63, 3.8) is 0 Å². The summed E-state index contributed by atoms with van der Waals surface area (Å²) < 4.78 is 11.3. The summed E-state index contributed by atoms with van der Waals surface area (Å²) in [5.41, 5.74) is 12.1. The van der Waals surface area contributed by atoms with Crippen LogP contribution in [0.5, 0.6) is 5.75 Å². The van der Waals surface area contributed by atoms with Gasteiger partial charge in [0.05, 0.1) is 5.69 Å². The van der Waals surface area contributed by atoms with E-state index in [4.69, 9.17) is 20.9 Å². The van der Waals surface area contributed by atoms with Crippen LogP contribution in [0.3, 0.4) is 0 Å². The number of amides is 1. The second kappa shape index (κ2) is 4.68. The highest BCUT2D eigenvalue weighted by Crippen LogP contribution is 2.44. The first-order valence-electron chi connectivity index (χ1n) is 7.41. The van der Waals surface area contributed by atoms with E-state index in [1.165, 1.54) is 0 Å². The summed E-state index contributed by atoms with van der Waals surface area (Å²) >= 11 is 0. The van der Waals surface area contributed by atoms with E-state index in [0.717, 1.165) is 11.3 Å². The Morgan fingerprint density at radius 2 is 2.00 bits per heavy atom. The zero-order valence-electron chi connectivity index (χ0n) is 13.7. The second-order valence-corrected chi connectivity index (χ2v) is 6.88. The van der Waals surface area contributed by atoms with Gasteiger partial charge >= 0.3 is 0 Å². The number of hydrogen-bond donors (Lipinski definition) is 3. The molecule has 0 saturated carbocycles. The number of allylic oxidation sites excluding steroid dienone is 1. The van der Waals surface area contributed by atoms with Crippen molar-refractivity contribution in [3.8, 4) is 5.75 Å². The fourth-order valence-electron chi connectivity index (χ4n) is 2.86. The van der Waals surface area contributed by atoms with E-state index in [0.29, 0.717) is 11.5 Å². The molecule has 0 aliphatic carbocycles. The number of hydrogen-bond acceptors (Lipinski definition) is 5. The van der Waals surface area contributed by atoms with Crippen LogP contribution in [0.2, 0.25) is 0 Å². The fraction of sp³-hybridized carbons (Fsp3) is 0.353. The van der Waals surface area contributed by atoms with Crippen molar-refractivity contribution in [1.29, 1.82) is 0 Å². The van der Waals surface area contributed by atoms with E-state index in [2.05, 4.69) is 26.1 Å². The summed E-state index contributed by atoms with van der Waals surface area (Å²) in [6, 6.07) is 5.90. The third-order valence-corrected chi connectivity index (χ3v) is 3.98. The lowest BCUT2D eigenvalue weighted by molar-refractivity contribution is -0.116. The predicted molar refractivity (Wildman–Crippen MR) is 87.4 cm³/mol. The van der Waals surface area contributed by atoms with E-state index in [1.54, 1.807) is 13.0 Å². The van der Waals surface area contributed by atoms with Crippen molar-refractivity contribution < 1.29 is 14.3 Å². The van der Waals surface area contributed by atoms with Crippen LogP contribution in [0.25, 0.3) is 0 Å². The Bertz CT molecular complexity index is 759. The first kappa shape index (κ1) is 15.3. The lowest BCUT2D eigenvalue weighted by Gasteiger charge is -2.31. The highest BCUT2D eigenvalue weighted by molar-refractivity contribution is 5.97. The predicted octanol–water partition coefficient (Wildman–Crippen LogP) is 2.07. The van der Waals surface area contributed by atoms with Crippen molar-refractivity contribution in [2.24, 2.45) is 11.5 Å². The number of anilines is 1. The second-order valence-electron chi connectivity index (χ2n) is 6.88. The molecular formula is C17H21N3O3. The molecule has 0 radical (unpaired) electrons. The third-order valence-electron chi connectivity index (χ3n) is 3.98. The molecule has 1 spiro atoms. The molecule has 1 aromatic rings. The molecule has 6 nitrogen and oxygen atoms in total. The number of fused-ring (bicyclic) bond motifs is 1. The SMILES string of the molecule is CC1=CC2(Nc3cc(C(C)(C)C)ccc3O2)C(C(N)=O)=C(N)O1. The van der Waals surface area contributed by atoms with Crippen molar-refractivity contribution in [1.82, 2.24) is 0 Å². The van der Waals surface area contributed by atoms with Gasteiger partial charge in [0, 0.05) is 6.08 Å². The van der Waals surface area contributed by atoms with E-state index in [9.17, 15) is 4.79 Å². The Morgan fingerprint density at radius 1 is 1.30 bits per heavy atom. The van der Waals surface area contributed by atoms with Crippen LogP contribution < -0.4 is 21.5 Å². The number of carbonyl (C=O) groups excluding carboxylic acids is 1. The molecule has 0 saturated heterocycles. The number of benzene rings is 1. The maximum atomic E-state index is 11.9. The van der Waals surface area contributed by atoms with Gasteiger partial charge in [0.15, 0.2) is 0 Å². The molecule has 23 heavy (non-hydrogen) atoms. The minimum atomic E-state index is -1.23. The van der Waals surface area contributed by atoms with E-state index >= 15 is 0 Å². The molecule has 1 amide bonds. The standard InChI is InChI=1S/C17H21N3O3/c1-9-8-17(13(14(18)21)15(19)22-9)20-11-7-10(16(2,3)4)5-6-12(11)23-17/h5-8,20H,19H2,1-4H3,(H2,18,21). The third kappa shape index (κ3) is 2.40. The summed E-state index contributed by atoms with van der Waals surface area (Å²) in [6.45, 7) is 8.13. The molecule has 0 fully saturated rings. The molecule has 0 aromatic heterocycles. The molecule has 1 aromatic carbocycles. The Balaban J connectivity index is 2.08. The maximum Gasteiger partial charge on any atom is 0.256 e. The Morgan fingerprint density at radius 3 is 2.61 bits per heavy atom. The first-order valence-corrected chi connectivity index (χ1v) is 7.41. The van der Waals surface area contributed by atoms with Crippen molar-refractivity contribution in [2.75, 3.05) is 5.32 Å². The number of carbonyl (C=O) groups is 1. The topological polar surface area (TPSA) is 99.6 Å². The van der Waals surface area contributed by atoms with Crippen LogP contribution in [0.4, 0.5) is 5.69 Å². The maximum absolute atomic E-state index is 11.9. The number of ether oxygens (including phenoxy) is 2. The smallest absolute Gasteiger partial charge is 0.256 e.